The molecule has 0 heterocycles. The number of para-hydroxylation sites is 1. The Morgan fingerprint density at radius 3 is 2.08 bits per heavy atom. The standard InChI is InChI=1S/C38H42ClN3O6S/c1-47-35-23-22-33(25-36(35)48-2)49(45,46)42(32-16-10-5-11-17-32)27-37(43)41(26-29-18-20-30(39)21-19-29)34(24-28-12-6-3-7-13-28)38(44)40-31-14-8-4-9-15-31/h3,5-7,10-13,16-23,25,31,34H,4,8-9,14-15,24,26-27H2,1-2H3,(H,40,44)/t34-/m1/s1. The van der Waals surface area contributed by atoms with Crippen LogP contribution in [0.3, 0.4) is 0 Å². The van der Waals surface area contributed by atoms with Crippen molar-refractivity contribution in [1.82, 2.24) is 10.2 Å². The summed E-state index contributed by atoms with van der Waals surface area (Å²) in [6, 6.07) is 28.4. The first-order valence-corrected chi connectivity index (χ1v) is 18.2. The van der Waals surface area contributed by atoms with Crippen LogP contribution in [-0.4, -0.2) is 58.0 Å². The zero-order valence-electron chi connectivity index (χ0n) is 27.8. The molecule has 1 saturated carbocycles. The molecule has 11 heteroatoms. The van der Waals surface area contributed by atoms with E-state index in [9.17, 15) is 18.0 Å². The minimum absolute atomic E-state index is 0.0123. The smallest absolute Gasteiger partial charge is 0.264 e. The first-order chi connectivity index (χ1) is 23.7. The summed E-state index contributed by atoms with van der Waals surface area (Å²) in [5.74, 6) is -0.213. The largest absolute Gasteiger partial charge is 0.493 e. The number of sulfonamides is 1. The predicted octanol–water partition coefficient (Wildman–Crippen LogP) is 6.64. The van der Waals surface area contributed by atoms with Gasteiger partial charge in [0.15, 0.2) is 11.5 Å². The van der Waals surface area contributed by atoms with Crippen LogP contribution in [0, 0.1) is 0 Å². The monoisotopic (exact) mass is 703 g/mol. The van der Waals surface area contributed by atoms with E-state index in [2.05, 4.69) is 5.32 Å². The highest BCUT2D eigenvalue weighted by Crippen LogP contribution is 2.32. The number of hydrogen-bond donors (Lipinski definition) is 1. The van der Waals surface area contributed by atoms with Crippen molar-refractivity contribution in [3.8, 4) is 11.5 Å². The number of amides is 2. The Hall–Kier alpha value is -4.54. The SMILES string of the molecule is COc1ccc(S(=O)(=O)N(CC(=O)N(Cc2ccc(Cl)cc2)[C@H](Cc2ccccc2)C(=O)NC2CCCCC2)c2ccccc2)cc1OC. The lowest BCUT2D eigenvalue weighted by molar-refractivity contribution is -0.140. The molecule has 0 saturated heterocycles. The summed E-state index contributed by atoms with van der Waals surface area (Å²) in [5.41, 5.74) is 1.91. The van der Waals surface area contributed by atoms with Crippen molar-refractivity contribution in [2.45, 2.75) is 62.0 Å². The van der Waals surface area contributed by atoms with E-state index in [0.29, 0.717) is 16.5 Å². The normalized spacial score (nSPS) is 14.0. The highest BCUT2D eigenvalue weighted by molar-refractivity contribution is 7.92. The van der Waals surface area contributed by atoms with Crippen molar-refractivity contribution in [2.24, 2.45) is 0 Å². The molecular formula is C38H42ClN3O6S. The van der Waals surface area contributed by atoms with Crippen LogP contribution in [0.15, 0.2) is 108 Å². The molecule has 1 aliphatic rings. The fourth-order valence-electron chi connectivity index (χ4n) is 6.11. The molecule has 4 aromatic carbocycles. The molecule has 2 amide bonds. The zero-order valence-corrected chi connectivity index (χ0v) is 29.3. The van der Waals surface area contributed by atoms with Crippen LogP contribution in [0.1, 0.15) is 43.2 Å². The van der Waals surface area contributed by atoms with E-state index in [1.807, 2.05) is 30.3 Å². The maximum absolute atomic E-state index is 14.7. The molecule has 0 radical (unpaired) electrons. The Morgan fingerprint density at radius 2 is 1.45 bits per heavy atom. The molecule has 0 aromatic heterocycles. The molecule has 1 aliphatic carbocycles. The molecule has 0 aliphatic heterocycles. The number of ether oxygens (including phenoxy) is 2. The van der Waals surface area contributed by atoms with Gasteiger partial charge in [-0.05, 0) is 60.4 Å². The molecule has 0 bridgehead atoms. The Morgan fingerprint density at radius 1 is 0.816 bits per heavy atom. The zero-order chi connectivity index (χ0) is 34.8. The highest BCUT2D eigenvalue weighted by atomic mass is 35.5. The van der Waals surface area contributed by atoms with Gasteiger partial charge in [0, 0.05) is 30.1 Å². The molecule has 258 valence electrons. The summed E-state index contributed by atoms with van der Waals surface area (Å²) in [6.45, 7) is -0.499. The third kappa shape index (κ3) is 9.13. The first-order valence-electron chi connectivity index (χ1n) is 16.4. The van der Waals surface area contributed by atoms with Crippen LogP contribution < -0.4 is 19.1 Å². The van der Waals surface area contributed by atoms with Gasteiger partial charge in [0.05, 0.1) is 24.8 Å². The van der Waals surface area contributed by atoms with E-state index in [0.717, 1.165) is 47.5 Å². The van der Waals surface area contributed by atoms with Crippen molar-refractivity contribution in [3.63, 3.8) is 0 Å². The Labute approximate surface area is 293 Å². The van der Waals surface area contributed by atoms with Gasteiger partial charge in [-0.2, -0.15) is 0 Å². The van der Waals surface area contributed by atoms with Crippen molar-refractivity contribution in [3.05, 3.63) is 119 Å². The molecule has 9 nitrogen and oxygen atoms in total. The van der Waals surface area contributed by atoms with Crippen molar-refractivity contribution >= 4 is 39.1 Å². The van der Waals surface area contributed by atoms with Crippen LogP contribution in [-0.2, 0) is 32.6 Å². The van der Waals surface area contributed by atoms with Gasteiger partial charge in [0.2, 0.25) is 11.8 Å². The van der Waals surface area contributed by atoms with Crippen molar-refractivity contribution in [1.29, 1.82) is 0 Å². The lowest BCUT2D eigenvalue weighted by Crippen LogP contribution is -2.55. The second-order valence-electron chi connectivity index (χ2n) is 12.1. The lowest BCUT2D eigenvalue weighted by atomic mass is 9.94. The van der Waals surface area contributed by atoms with Crippen LogP contribution in [0.4, 0.5) is 5.69 Å². The first kappa shape index (κ1) is 35.8. The molecular weight excluding hydrogens is 662 g/mol. The van der Waals surface area contributed by atoms with Crippen LogP contribution in [0.25, 0.3) is 0 Å². The van der Waals surface area contributed by atoms with E-state index in [1.165, 1.54) is 37.3 Å². The highest BCUT2D eigenvalue weighted by Gasteiger charge is 2.35. The Balaban J connectivity index is 1.56. The summed E-state index contributed by atoms with van der Waals surface area (Å²) in [6.07, 6.45) is 5.18. The van der Waals surface area contributed by atoms with E-state index in [1.54, 1.807) is 54.6 Å². The number of benzene rings is 4. The second kappa shape index (κ2) is 16.7. The number of hydrogen-bond acceptors (Lipinski definition) is 6. The predicted molar refractivity (Wildman–Crippen MR) is 191 cm³/mol. The number of carbonyl (C=O) groups is 2. The third-order valence-corrected chi connectivity index (χ3v) is 10.8. The molecule has 4 aromatic rings. The summed E-state index contributed by atoms with van der Waals surface area (Å²) >= 11 is 6.19. The molecule has 1 atom stereocenters. The van der Waals surface area contributed by atoms with Gasteiger partial charge in [-0.15, -0.1) is 0 Å². The number of methoxy groups -OCH3 is 2. The van der Waals surface area contributed by atoms with Gasteiger partial charge in [0.25, 0.3) is 10.0 Å². The fourth-order valence-corrected chi connectivity index (χ4v) is 7.67. The van der Waals surface area contributed by atoms with E-state index >= 15 is 0 Å². The van der Waals surface area contributed by atoms with Crippen LogP contribution in [0.2, 0.25) is 5.02 Å². The van der Waals surface area contributed by atoms with Gasteiger partial charge in [-0.25, -0.2) is 8.42 Å². The maximum Gasteiger partial charge on any atom is 0.264 e. The number of nitrogens with zero attached hydrogens (tertiary/aromatic N) is 2. The third-order valence-electron chi connectivity index (χ3n) is 8.75. The Kier molecular flexibility index (Phi) is 12.2. The lowest BCUT2D eigenvalue weighted by Gasteiger charge is -2.35. The minimum Gasteiger partial charge on any atom is -0.493 e. The van der Waals surface area contributed by atoms with Crippen LogP contribution in [0.5, 0.6) is 11.5 Å². The van der Waals surface area contributed by atoms with Crippen LogP contribution >= 0.6 is 11.6 Å². The van der Waals surface area contributed by atoms with Gasteiger partial charge in [-0.3, -0.25) is 13.9 Å². The van der Waals surface area contributed by atoms with Crippen molar-refractivity contribution in [2.75, 3.05) is 25.1 Å². The number of halogens is 1. The number of carbonyl (C=O) groups excluding carboxylic acids is 2. The average molecular weight is 704 g/mol. The number of rotatable bonds is 14. The topological polar surface area (TPSA) is 105 Å². The quantitative estimate of drug-likeness (QED) is 0.158. The van der Waals surface area contributed by atoms with E-state index < -0.39 is 28.5 Å². The molecule has 0 unspecified atom stereocenters. The van der Waals surface area contributed by atoms with Gasteiger partial charge in [-0.1, -0.05) is 91.5 Å². The summed E-state index contributed by atoms with van der Waals surface area (Å²) in [4.78, 5) is 30.3. The van der Waals surface area contributed by atoms with Gasteiger partial charge < -0.3 is 19.7 Å². The summed E-state index contributed by atoms with van der Waals surface area (Å²) < 4.78 is 40.5. The minimum atomic E-state index is -4.31. The van der Waals surface area contributed by atoms with Gasteiger partial charge in [0.1, 0.15) is 12.6 Å². The van der Waals surface area contributed by atoms with Crippen molar-refractivity contribution < 1.29 is 27.5 Å². The maximum atomic E-state index is 14.7. The molecule has 49 heavy (non-hydrogen) atoms. The van der Waals surface area contributed by atoms with E-state index in [-0.39, 0.29) is 35.6 Å². The summed E-state index contributed by atoms with van der Waals surface area (Å²) in [5, 5.41) is 3.76. The average Bonchev–Trinajstić information content (AvgIpc) is 3.13. The molecule has 1 fully saturated rings. The molecule has 0 spiro atoms. The number of nitrogens with one attached hydrogen (secondary N) is 1. The fraction of sp³-hybridized carbons (Fsp3) is 0.316. The van der Waals surface area contributed by atoms with E-state index in [4.69, 9.17) is 21.1 Å². The second-order valence-corrected chi connectivity index (χ2v) is 14.4. The molecule has 5 rings (SSSR count). The summed E-state index contributed by atoms with van der Waals surface area (Å²) in [7, 11) is -1.43. The molecule has 1 N–H and O–H groups in total. The number of anilines is 1. The van der Waals surface area contributed by atoms with Gasteiger partial charge >= 0.3 is 0 Å². The Bertz CT molecular complexity index is 1800.